The summed E-state index contributed by atoms with van der Waals surface area (Å²) in [5.74, 6) is 0. The maximum Gasteiger partial charge on any atom is 0.0588 e. The number of hydrogen-bond donors (Lipinski definition) is 1. The largest absolute Gasteiger partial charge is 0.378 e. The fourth-order valence-corrected chi connectivity index (χ4v) is 3.36. The summed E-state index contributed by atoms with van der Waals surface area (Å²) in [7, 11) is 0. The summed E-state index contributed by atoms with van der Waals surface area (Å²) in [5.41, 5.74) is 0. The molecule has 0 aromatic heterocycles. The molecule has 2 aliphatic heterocycles. The van der Waals surface area contributed by atoms with E-state index in [9.17, 15) is 0 Å². The third-order valence-corrected chi connectivity index (χ3v) is 4.73. The molecule has 2 atom stereocenters. The van der Waals surface area contributed by atoms with Crippen molar-refractivity contribution in [2.75, 3.05) is 26.2 Å². The summed E-state index contributed by atoms with van der Waals surface area (Å²) in [4.78, 5) is 2.72. The van der Waals surface area contributed by atoms with E-state index in [1.807, 2.05) is 0 Å². The monoisotopic (exact) mass is 252 g/mol. The molecule has 18 heavy (non-hydrogen) atoms. The molecule has 0 amide bonds. The van der Waals surface area contributed by atoms with Gasteiger partial charge in [-0.2, -0.15) is 0 Å². The average molecular weight is 252 g/mol. The van der Waals surface area contributed by atoms with Gasteiger partial charge in [-0.25, -0.2) is 0 Å². The van der Waals surface area contributed by atoms with E-state index in [-0.39, 0.29) is 0 Å². The van der Waals surface area contributed by atoms with Gasteiger partial charge in [0.2, 0.25) is 0 Å². The number of likely N-dealkylation sites (tertiary alicyclic amines) is 1. The van der Waals surface area contributed by atoms with Gasteiger partial charge < -0.3 is 10.1 Å². The highest BCUT2D eigenvalue weighted by molar-refractivity contribution is 4.86. The number of nitrogens with one attached hydrogen (secondary N) is 1. The fraction of sp³-hybridized carbons (Fsp3) is 1.00. The minimum atomic E-state index is 0.559. The lowest BCUT2D eigenvalue weighted by Gasteiger charge is -2.36. The van der Waals surface area contributed by atoms with Gasteiger partial charge in [-0.3, -0.25) is 4.90 Å². The van der Waals surface area contributed by atoms with E-state index >= 15 is 0 Å². The van der Waals surface area contributed by atoms with Crippen molar-refractivity contribution in [2.24, 2.45) is 0 Å². The van der Waals surface area contributed by atoms with Crippen molar-refractivity contribution in [2.45, 2.75) is 69.6 Å². The topological polar surface area (TPSA) is 24.5 Å². The Kier molecular flexibility index (Phi) is 4.55. The first-order valence-corrected chi connectivity index (χ1v) is 8.01. The molecule has 3 nitrogen and oxygen atoms in total. The van der Waals surface area contributed by atoms with Crippen LogP contribution in [0.4, 0.5) is 0 Å². The van der Waals surface area contributed by atoms with Crippen LogP contribution in [0.5, 0.6) is 0 Å². The van der Waals surface area contributed by atoms with E-state index in [4.69, 9.17) is 4.74 Å². The molecule has 0 radical (unpaired) electrons. The summed E-state index contributed by atoms with van der Waals surface area (Å²) in [6.07, 6.45) is 11.4. The van der Waals surface area contributed by atoms with Crippen LogP contribution < -0.4 is 5.32 Å². The van der Waals surface area contributed by atoms with Gasteiger partial charge in [-0.15, -0.1) is 0 Å². The molecule has 1 aliphatic carbocycles. The Labute approximate surface area is 111 Å². The highest BCUT2D eigenvalue weighted by atomic mass is 16.5. The Morgan fingerprint density at radius 2 is 2.00 bits per heavy atom. The second-order valence-electron chi connectivity index (χ2n) is 6.29. The zero-order valence-corrected chi connectivity index (χ0v) is 11.6. The highest BCUT2D eigenvalue weighted by Gasteiger charge is 2.27. The molecular formula is C15H28N2O. The number of ether oxygens (including phenoxy) is 1. The standard InChI is InChI=1S/C15H28N2O/c1-2-9-17(10-8-15-5-3-11-18-15)14(4-1)12-16-13-6-7-13/h13-16H,1-12H2. The third kappa shape index (κ3) is 3.69. The summed E-state index contributed by atoms with van der Waals surface area (Å²) < 4.78 is 5.75. The van der Waals surface area contributed by atoms with Crippen LogP contribution in [0.15, 0.2) is 0 Å². The molecule has 2 saturated heterocycles. The summed E-state index contributed by atoms with van der Waals surface area (Å²) in [6.45, 7) is 4.78. The number of piperidine rings is 1. The normalized spacial score (nSPS) is 34.0. The lowest BCUT2D eigenvalue weighted by atomic mass is 10.0. The Morgan fingerprint density at radius 1 is 1.06 bits per heavy atom. The van der Waals surface area contributed by atoms with Gasteiger partial charge in [0.15, 0.2) is 0 Å². The fourth-order valence-electron chi connectivity index (χ4n) is 3.36. The second kappa shape index (κ2) is 6.36. The molecular weight excluding hydrogens is 224 g/mol. The molecule has 0 aromatic carbocycles. The summed E-state index contributed by atoms with van der Waals surface area (Å²) >= 11 is 0. The van der Waals surface area contributed by atoms with Crippen molar-refractivity contribution in [1.29, 1.82) is 0 Å². The molecule has 0 spiro atoms. The predicted octanol–water partition coefficient (Wildman–Crippen LogP) is 2.16. The Morgan fingerprint density at radius 3 is 2.78 bits per heavy atom. The van der Waals surface area contributed by atoms with E-state index in [1.165, 1.54) is 71.0 Å². The van der Waals surface area contributed by atoms with Gasteiger partial charge in [-0.05, 0) is 51.5 Å². The van der Waals surface area contributed by atoms with Crippen LogP contribution in [-0.2, 0) is 4.74 Å². The van der Waals surface area contributed by atoms with Gasteiger partial charge in [0.05, 0.1) is 6.10 Å². The van der Waals surface area contributed by atoms with Crippen LogP contribution in [0.2, 0.25) is 0 Å². The van der Waals surface area contributed by atoms with Gasteiger partial charge in [-0.1, -0.05) is 6.42 Å². The minimum Gasteiger partial charge on any atom is -0.378 e. The van der Waals surface area contributed by atoms with E-state index in [0.29, 0.717) is 6.10 Å². The first-order chi connectivity index (χ1) is 8.92. The van der Waals surface area contributed by atoms with E-state index in [1.54, 1.807) is 0 Å². The van der Waals surface area contributed by atoms with Gasteiger partial charge >= 0.3 is 0 Å². The lowest BCUT2D eigenvalue weighted by molar-refractivity contribution is 0.0750. The molecule has 104 valence electrons. The van der Waals surface area contributed by atoms with Crippen LogP contribution in [0.1, 0.15) is 51.4 Å². The van der Waals surface area contributed by atoms with Gasteiger partial charge in [0, 0.05) is 31.8 Å². The van der Waals surface area contributed by atoms with Crippen molar-refractivity contribution < 1.29 is 4.74 Å². The smallest absolute Gasteiger partial charge is 0.0588 e. The van der Waals surface area contributed by atoms with Crippen LogP contribution >= 0.6 is 0 Å². The van der Waals surface area contributed by atoms with E-state index in [0.717, 1.165) is 18.7 Å². The maximum atomic E-state index is 5.75. The van der Waals surface area contributed by atoms with E-state index in [2.05, 4.69) is 10.2 Å². The van der Waals surface area contributed by atoms with Crippen molar-refractivity contribution >= 4 is 0 Å². The van der Waals surface area contributed by atoms with Crippen molar-refractivity contribution in [3.05, 3.63) is 0 Å². The second-order valence-corrected chi connectivity index (χ2v) is 6.29. The minimum absolute atomic E-state index is 0.559. The number of hydrogen-bond acceptors (Lipinski definition) is 3. The van der Waals surface area contributed by atoms with Gasteiger partial charge in [0.25, 0.3) is 0 Å². The van der Waals surface area contributed by atoms with Gasteiger partial charge in [0.1, 0.15) is 0 Å². The van der Waals surface area contributed by atoms with Crippen LogP contribution in [0.25, 0.3) is 0 Å². The average Bonchev–Trinajstić information content (AvgIpc) is 3.09. The predicted molar refractivity (Wildman–Crippen MR) is 73.8 cm³/mol. The molecule has 0 aromatic rings. The number of nitrogens with zero attached hydrogens (tertiary/aromatic N) is 1. The van der Waals surface area contributed by atoms with E-state index < -0.39 is 0 Å². The van der Waals surface area contributed by atoms with Crippen LogP contribution in [0, 0.1) is 0 Å². The first kappa shape index (κ1) is 12.9. The molecule has 3 fully saturated rings. The SMILES string of the molecule is C1COC(CCN2CCCCC2CNC2CC2)C1. The molecule has 3 rings (SSSR count). The first-order valence-electron chi connectivity index (χ1n) is 8.01. The van der Waals surface area contributed by atoms with Crippen molar-refractivity contribution in [1.82, 2.24) is 10.2 Å². The number of rotatable bonds is 6. The molecule has 0 bridgehead atoms. The Hall–Kier alpha value is -0.120. The maximum absolute atomic E-state index is 5.75. The molecule has 3 aliphatic rings. The van der Waals surface area contributed by atoms with Crippen molar-refractivity contribution in [3.8, 4) is 0 Å². The zero-order chi connectivity index (χ0) is 12.2. The van der Waals surface area contributed by atoms with Crippen molar-refractivity contribution in [3.63, 3.8) is 0 Å². The third-order valence-electron chi connectivity index (χ3n) is 4.73. The lowest BCUT2D eigenvalue weighted by Crippen LogP contribution is -2.46. The van der Waals surface area contributed by atoms with Crippen LogP contribution in [-0.4, -0.2) is 49.3 Å². The molecule has 2 unspecified atom stereocenters. The zero-order valence-electron chi connectivity index (χ0n) is 11.6. The molecule has 1 saturated carbocycles. The molecule has 1 N–H and O–H groups in total. The quantitative estimate of drug-likeness (QED) is 0.784. The highest BCUT2D eigenvalue weighted by Crippen LogP contribution is 2.22. The Bertz CT molecular complexity index is 249. The molecule has 3 heteroatoms. The van der Waals surface area contributed by atoms with Crippen LogP contribution in [0.3, 0.4) is 0 Å². The summed E-state index contributed by atoms with van der Waals surface area (Å²) in [5, 5.41) is 3.71. The Balaban J connectivity index is 1.41. The summed E-state index contributed by atoms with van der Waals surface area (Å²) in [6, 6.07) is 1.65. The molecule has 2 heterocycles.